The molecule has 2 aliphatic carbocycles. The summed E-state index contributed by atoms with van der Waals surface area (Å²) < 4.78 is 0. The summed E-state index contributed by atoms with van der Waals surface area (Å²) in [5.41, 5.74) is 0. The molecular weight excluding hydrogens is 256 g/mol. The Hall–Kier alpha value is -0.0800. The molecule has 2 heteroatoms. The highest BCUT2D eigenvalue weighted by Gasteiger charge is 2.27. The van der Waals surface area contributed by atoms with Crippen molar-refractivity contribution in [3.8, 4) is 0 Å². The Labute approximate surface area is 133 Å². The molecule has 0 aromatic carbocycles. The van der Waals surface area contributed by atoms with Crippen LogP contribution in [0.5, 0.6) is 0 Å². The van der Waals surface area contributed by atoms with Crippen molar-refractivity contribution in [1.82, 2.24) is 10.2 Å². The van der Waals surface area contributed by atoms with E-state index in [0.29, 0.717) is 0 Å². The van der Waals surface area contributed by atoms with Crippen LogP contribution in [0.4, 0.5) is 0 Å². The van der Waals surface area contributed by atoms with Crippen molar-refractivity contribution in [1.29, 1.82) is 0 Å². The molecular formula is C19H38N2. The second-order valence-electron chi connectivity index (χ2n) is 7.27. The minimum atomic E-state index is 0.794. The Morgan fingerprint density at radius 3 is 1.76 bits per heavy atom. The van der Waals surface area contributed by atoms with Crippen molar-refractivity contribution in [3.63, 3.8) is 0 Å². The first-order valence-electron chi connectivity index (χ1n) is 9.87. The van der Waals surface area contributed by atoms with Crippen LogP contribution in [0.3, 0.4) is 0 Å². The summed E-state index contributed by atoms with van der Waals surface area (Å²) in [4.78, 5) is 2.67. The van der Waals surface area contributed by atoms with Gasteiger partial charge in [0.1, 0.15) is 0 Å². The van der Waals surface area contributed by atoms with E-state index in [9.17, 15) is 0 Å². The van der Waals surface area contributed by atoms with Gasteiger partial charge in [0.05, 0.1) is 0 Å². The first-order valence-corrected chi connectivity index (χ1v) is 9.87. The van der Waals surface area contributed by atoms with Crippen LogP contribution in [0.1, 0.15) is 90.4 Å². The second kappa shape index (κ2) is 10.6. The summed E-state index contributed by atoms with van der Waals surface area (Å²) in [5.74, 6) is 0. The predicted octanol–water partition coefficient (Wildman–Crippen LogP) is 4.73. The smallest absolute Gasteiger partial charge is 0.0110 e. The molecule has 2 saturated carbocycles. The third-order valence-corrected chi connectivity index (χ3v) is 5.41. The van der Waals surface area contributed by atoms with Crippen LogP contribution in [0.25, 0.3) is 0 Å². The molecule has 0 aromatic heterocycles. The predicted molar refractivity (Wildman–Crippen MR) is 92.8 cm³/mol. The molecule has 0 unspecified atom stereocenters. The minimum Gasteiger partial charge on any atom is -0.313 e. The molecule has 0 atom stereocenters. The van der Waals surface area contributed by atoms with Gasteiger partial charge in [-0.05, 0) is 32.2 Å². The Morgan fingerprint density at radius 1 is 0.762 bits per heavy atom. The first kappa shape index (κ1) is 17.3. The molecule has 0 heterocycles. The lowest BCUT2D eigenvalue weighted by Crippen LogP contribution is -2.38. The molecule has 0 bridgehead atoms. The second-order valence-corrected chi connectivity index (χ2v) is 7.27. The van der Waals surface area contributed by atoms with Crippen molar-refractivity contribution in [2.45, 2.75) is 102 Å². The van der Waals surface area contributed by atoms with Crippen LogP contribution in [-0.2, 0) is 0 Å². The summed E-state index contributed by atoms with van der Waals surface area (Å²) in [6.45, 7) is 6.01. The molecule has 2 nitrogen and oxygen atoms in total. The number of nitrogens with zero attached hydrogens (tertiary/aromatic N) is 1. The van der Waals surface area contributed by atoms with Gasteiger partial charge < -0.3 is 5.32 Å². The summed E-state index contributed by atoms with van der Waals surface area (Å²) in [6, 6.07) is 1.72. The van der Waals surface area contributed by atoms with Crippen molar-refractivity contribution in [2.24, 2.45) is 0 Å². The molecule has 0 amide bonds. The molecule has 0 aliphatic heterocycles. The average molecular weight is 295 g/mol. The zero-order chi connectivity index (χ0) is 14.8. The summed E-state index contributed by atoms with van der Waals surface area (Å²) in [5, 5.41) is 3.88. The van der Waals surface area contributed by atoms with E-state index in [1.54, 1.807) is 0 Å². The van der Waals surface area contributed by atoms with Gasteiger partial charge in [-0.1, -0.05) is 64.7 Å². The molecule has 124 valence electrons. The van der Waals surface area contributed by atoms with E-state index < -0.39 is 0 Å². The molecule has 2 fully saturated rings. The Balaban J connectivity index is 1.62. The minimum absolute atomic E-state index is 0.794. The van der Waals surface area contributed by atoms with Gasteiger partial charge in [-0.3, -0.25) is 4.90 Å². The Kier molecular flexibility index (Phi) is 8.73. The van der Waals surface area contributed by atoms with E-state index >= 15 is 0 Å². The van der Waals surface area contributed by atoms with E-state index in [-0.39, 0.29) is 0 Å². The fourth-order valence-corrected chi connectivity index (χ4v) is 3.82. The highest BCUT2D eigenvalue weighted by atomic mass is 15.2. The SMILES string of the molecule is CCN(CCNC1CCCCCCCCCCC1)C1CC1. The number of likely N-dealkylation sites (N-methyl/N-ethyl adjacent to an activating group) is 1. The van der Waals surface area contributed by atoms with Gasteiger partial charge in [0, 0.05) is 25.2 Å². The van der Waals surface area contributed by atoms with Crippen LogP contribution in [-0.4, -0.2) is 36.6 Å². The standard InChI is InChI=1S/C19H38N2/c1-2-21(19-14-15-19)17-16-20-18-12-10-8-6-4-3-5-7-9-11-13-18/h18-20H,2-17H2,1H3. The van der Waals surface area contributed by atoms with Crippen molar-refractivity contribution in [2.75, 3.05) is 19.6 Å². The molecule has 21 heavy (non-hydrogen) atoms. The number of nitrogens with one attached hydrogen (secondary N) is 1. The van der Waals surface area contributed by atoms with Crippen molar-refractivity contribution < 1.29 is 0 Å². The topological polar surface area (TPSA) is 15.3 Å². The van der Waals surface area contributed by atoms with Crippen molar-refractivity contribution >= 4 is 0 Å². The zero-order valence-electron chi connectivity index (χ0n) is 14.4. The molecule has 0 spiro atoms. The maximum Gasteiger partial charge on any atom is 0.0110 e. The van der Waals surface area contributed by atoms with Crippen LogP contribution in [0, 0.1) is 0 Å². The third kappa shape index (κ3) is 7.65. The highest BCUT2D eigenvalue weighted by molar-refractivity contribution is 4.84. The van der Waals surface area contributed by atoms with Gasteiger partial charge in [-0.2, -0.15) is 0 Å². The Bertz CT molecular complexity index is 238. The lowest BCUT2D eigenvalue weighted by atomic mass is 9.98. The third-order valence-electron chi connectivity index (χ3n) is 5.41. The largest absolute Gasteiger partial charge is 0.313 e. The fourth-order valence-electron chi connectivity index (χ4n) is 3.82. The monoisotopic (exact) mass is 294 g/mol. The molecule has 1 N–H and O–H groups in total. The normalized spacial score (nSPS) is 23.7. The lowest BCUT2D eigenvalue weighted by molar-refractivity contribution is 0.267. The van der Waals surface area contributed by atoms with Gasteiger partial charge in [-0.15, -0.1) is 0 Å². The van der Waals surface area contributed by atoms with E-state index in [2.05, 4.69) is 17.1 Å². The van der Waals surface area contributed by atoms with Gasteiger partial charge in [0.15, 0.2) is 0 Å². The van der Waals surface area contributed by atoms with Gasteiger partial charge >= 0.3 is 0 Å². The molecule has 0 aromatic rings. The van der Waals surface area contributed by atoms with Gasteiger partial charge in [-0.25, -0.2) is 0 Å². The van der Waals surface area contributed by atoms with Gasteiger partial charge in [0.25, 0.3) is 0 Å². The summed E-state index contributed by atoms with van der Waals surface area (Å²) >= 11 is 0. The van der Waals surface area contributed by atoms with E-state index in [0.717, 1.165) is 12.1 Å². The maximum atomic E-state index is 3.88. The average Bonchev–Trinajstić information content (AvgIpc) is 3.30. The van der Waals surface area contributed by atoms with Crippen LogP contribution in [0.2, 0.25) is 0 Å². The van der Waals surface area contributed by atoms with Crippen molar-refractivity contribution in [3.05, 3.63) is 0 Å². The first-order chi connectivity index (χ1) is 10.4. The lowest BCUT2D eigenvalue weighted by Gasteiger charge is -2.24. The summed E-state index contributed by atoms with van der Waals surface area (Å²) in [7, 11) is 0. The Morgan fingerprint density at radius 2 is 1.29 bits per heavy atom. The molecule has 2 rings (SSSR count). The van der Waals surface area contributed by atoms with Crippen LogP contribution >= 0.6 is 0 Å². The van der Waals surface area contributed by atoms with E-state index in [1.807, 2.05) is 0 Å². The maximum absolute atomic E-state index is 3.88. The number of hydrogen-bond donors (Lipinski definition) is 1. The molecule has 0 radical (unpaired) electrons. The van der Waals surface area contributed by atoms with Crippen LogP contribution in [0.15, 0.2) is 0 Å². The quantitative estimate of drug-likeness (QED) is 0.761. The summed E-state index contributed by atoms with van der Waals surface area (Å²) in [6.07, 6.45) is 18.9. The number of hydrogen-bond acceptors (Lipinski definition) is 2. The number of rotatable bonds is 6. The molecule has 2 aliphatic rings. The van der Waals surface area contributed by atoms with Gasteiger partial charge in [0.2, 0.25) is 0 Å². The molecule has 0 saturated heterocycles. The highest BCUT2D eigenvalue weighted by Crippen LogP contribution is 2.26. The fraction of sp³-hybridized carbons (Fsp3) is 1.00. The van der Waals surface area contributed by atoms with E-state index in [4.69, 9.17) is 0 Å². The van der Waals surface area contributed by atoms with Crippen LogP contribution < -0.4 is 5.32 Å². The van der Waals surface area contributed by atoms with E-state index in [1.165, 1.54) is 103 Å². The zero-order valence-corrected chi connectivity index (χ0v) is 14.4.